The van der Waals surface area contributed by atoms with E-state index in [0.29, 0.717) is 22.7 Å². The second kappa shape index (κ2) is 5.41. The van der Waals surface area contributed by atoms with Gasteiger partial charge in [0.25, 0.3) is 0 Å². The largest absolute Gasteiger partial charge is 0.492 e. The van der Waals surface area contributed by atoms with Crippen LogP contribution in [-0.4, -0.2) is 32.4 Å². The number of nitrogens with one attached hydrogen (secondary N) is 1. The molecule has 0 bridgehead atoms. The Kier molecular flexibility index (Phi) is 3.84. The van der Waals surface area contributed by atoms with Gasteiger partial charge in [0.05, 0.1) is 32.5 Å². The summed E-state index contributed by atoms with van der Waals surface area (Å²) in [5.74, 6) is 0.497. The molecule has 20 heavy (non-hydrogen) atoms. The van der Waals surface area contributed by atoms with Crippen molar-refractivity contribution in [2.75, 3.05) is 26.6 Å². The molecule has 0 fully saturated rings. The highest BCUT2D eigenvalue weighted by Gasteiger charge is 2.35. The van der Waals surface area contributed by atoms with Gasteiger partial charge in [-0.25, -0.2) is 4.79 Å². The van der Waals surface area contributed by atoms with E-state index in [4.69, 9.17) is 36.9 Å². The molecule has 8 heteroatoms. The smallest absolute Gasteiger partial charge is 0.341 e. The van der Waals surface area contributed by atoms with Crippen molar-refractivity contribution in [3.05, 3.63) is 11.1 Å². The van der Waals surface area contributed by atoms with Crippen molar-refractivity contribution in [1.82, 2.24) is 0 Å². The van der Waals surface area contributed by atoms with Crippen LogP contribution in [0.2, 0.25) is 0 Å². The summed E-state index contributed by atoms with van der Waals surface area (Å²) in [4.78, 5) is 11.9. The lowest BCUT2D eigenvalue weighted by molar-refractivity contribution is 0.0535. The van der Waals surface area contributed by atoms with Crippen LogP contribution in [0.25, 0.3) is 0 Å². The molecule has 0 unspecified atom stereocenters. The van der Waals surface area contributed by atoms with Crippen LogP contribution in [0.15, 0.2) is 0 Å². The Morgan fingerprint density at radius 2 is 1.80 bits per heavy atom. The van der Waals surface area contributed by atoms with E-state index >= 15 is 0 Å². The maximum absolute atomic E-state index is 11.9. The summed E-state index contributed by atoms with van der Waals surface area (Å²) >= 11 is 4.82. The molecule has 0 amide bonds. The molecule has 3 N–H and O–H groups in total. The van der Waals surface area contributed by atoms with Crippen molar-refractivity contribution < 1.29 is 23.7 Å². The summed E-state index contributed by atoms with van der Waals surface area (Å²) in [7, 11) is 4.38. The number of anilines is 1. The first-order valence-electron chi connectivity index (χ1n) is 5.63. The zero-order chi connectivity index (χ0) is 14.9. The van der Waals surface area contributed by atoms with Crippen molar-refractivity contribution in [1.29, 1.82) is 0 Å². The van der Waals surface area contributed by atoms with Gasteiger partial charge in [-0.2, -0.15) is 0 Å². The van der Waals surface area contributed by atoms with Gasteiger partial charge in [-0.15, -0.1) is 0 Å². The Balaban J connectivity index is 2.80. The Morgan fingerprint density at radius 3 is 2.30 bits per heavy atom. The van der Waals surface area contributed by atoms with Crippen molar-refractivity contribution >= 4 is 29.0 Å². The molecule has 1 aliphatic rings. The molecule has 0 aliphatic carbocycles. The number of fused-ring (bicyclic) bond motifs is 1. The molecule has 0 saturated carbocycles. The third-order valence-corrected chi connectivity index (χ3v) is 2.98. The summed E-state index contributed by atoms with van der Waals surface area (Å²) in [6, 6.07) is 0. The topological polar surface area (TPSA) is 92.0 Å². The highest BCUT2D eigenvalue weighted by atomic mass is 32.1. The molecule has 0 atom stereocenters. The summed E-state index contributed by atoms with van der Waals surface area (Å²) in [5, 5.41) is 2.73. The van der Waals surface area contributed by atoms with E-state index < -0.39 is 5.97 Å². The normalized spacial score (nSPS) is 12.4. The van der Waals surface area contributed by atoms with E-state index in [9.17, 15) is 4.79 Å². The Labute approximate surface area is 120 Å². The van der Waals surface area contributed by atoms with Gasteiger partial charge in [-0.1, -0.05) is 0 Å². The first kappa shape index (κ1) is 14.2. The molecule has 108 valence electrons. The second-order valence-corrected chi connectivity index (χ2v) is 4.33. The molecule has 0 radical (unpaired) electrons. The quantitative estimate of drug-likeness (QED) is 0.629. The van der Waals surface area contributed by atoms with E-state index in [2.05, 4.69) is 5.32 Å². The number of cyclic esters (lactones) is 1. The minimum atomic E-state index is -0.502. The summed E-state index contributed by atoms with van der Waals surface area (Å²) in [5.41, 5.74) is 6.65. The minimum Gasteiger partial charge on any atom is -0.492 e. The van der Waals surface area contributed by atoms with Gasteiger partial charge in [0.1, 0.15) is 12.3 Å². The number of methoxy groups -OCH3 is 3. The van der Waals surface area contributed by atoms with E-state index in [1.54, 1.807) is 0 Å². The average Bonchev–Trinajstić information content (AvgIpc) is 2.79. The van der Waals surface area contributed by atoms with Crippen LogP contribution in [0.4, 0.5) is 5.69 Å². The minimum absolute atomic E-state index is 0.00239. The molecule has 1 aliphatic heterocycles. The number of carbonyl (C=O) groups is 1. The van der Waals surface area contributed by atoms with Crippen LogP contribution in [0.5, 0.6) is 17.2 Å². The lowest BCUT2D eigenvalue weighted by Gasteiger charge is -2.19. The molecular weight excluding hydrogens is 284 g/mol. The van der Waals surface area contributed by atoms with Gasteiger partial charge in [0.2, 0.25) is 5.75 Å². The van der Waals surface area contributed by atoms with Gasteiger partial charge >= 0.3 is 5.97 Å². The zero-order valence-electron chi connectivity index (χ0n) is 11.2. The summed E-state index contributed by atoms with van der Waals surface area (Å²) in [6.45, 7) is 0.0870. The predicted molar refractivity (Wildman–Crippen MR) is 75.6 cm³/mol. The van der Waals surface area contributed by atoms with E-state index in [-0.39, 0.29) is 23.0 Å². The Bertz CT molecular complexity index is 588. The van der Waals surface area contributed by atoms with E-state index in [1.165, 1.54) is 21.3 Å². The molecule has 0 spiro atoms. The van der Waals surface area contributed by atoms with Crippen LogP contribution in [0.3, 0.4) is 0 Å². The molecule has 0 aromatic heterocycles. The maximum atomic E-state index is 11.9. The lowest BCUT2D eigenvalue weighted by atomic mass is 10.0. The number of thiocarbonyl (C=S) groups is 1. The number of rotatable bonds is 4. The highest BCUT2D eigenvalue weighted by Crippen LogP contribution is 2.50. The van der Waals surface area contributed by atoms with Crippen LogP contribution in [0, 0.1) is 0 Å². The number of carbonyl (C=O) groups excluding carboxylic acids is 1. The fraction of sp³-hybridized carbons (Fsp3) is 0.333. The van der Waals surface area contributed by atoms with Gasteiger partial charge in [-0.05, 0) is 12.2 Å². The number of hydrogen-bond acceptors (Lipinski definition) is 6. The van der Waals surface area contributed by atoms with Crippen LogP contribution in [0.1, 0.15) is 15.9 Å². The zero-order valence-corrected chi connectivity index (χ0v) is 12.1. The number of esters is 1. The molecule has 1 aromatic carbocycles. The number of nitrogens with two attached hydrogens (primary N) is 1. The monoisotopic (exact) mass is 298 g/mol. The van der Waals surface area contributed by atoms with Gasteiger partial charge < -0.3 is 30.0 Å². The molecule has 1 heterocycles. The molecule has 0 saturated heterocycles. The Morgan fingerprint density at radius 1 is 1.20 bits per heavy atom. The van der Waals surface area contributed by atoms with Gasteiger partial charge in [0.15, 0.2) is 16.6 Å². The van der Waals surface area contributed by atoms with Gasteiger partial charge in [0, 0.05) is 0 Å². The Hall–Kier alpha value is -2.22. The van der Waals surface area contributed by atoms with Crippen molar-refractivity contribution in [3.63, 3.8) is 0 Å². The fourth-order valence-electron chi connectivity index (χ4n) is 2.14. The molecule has 2 rings (SSSR count). The third kappa shape index (κ3) is 2.07. The first-order chi connectivity index (χ1) is 9.54. The van der Waals surface area contributed by atoms with Crippen molar-refractivity contribution in [3.8, 4) is 17.2 Å². The highest BCUT2D eigenvalue weighted by molar-refractivity contribution is 7.80. The fourth-order valence-corrected chi connectivity index (χ4v) is 2.25. The third-order valence-electron chi connectivity index (χ3n) is 2.88. The first-order valence-corrected chi connectivity index (χ1v) is 6.04. The van der Waals surface area contributed by atoms with Crippen molar-refractivity contribution in [2.45, 2.75) is 6.61 Å². The second-order valence-electron chi connectivity index (χ2n) is 3.89. The summed E-state index contributed by atoms with van der Waals surface area (Å²) < 4.78 is 20.9. The van der Waals surface area contributed by atoms with Gasteiger partial charge in [-0.3, -0.25) is 0 Å². The van der Waals surface area contributed by atoms with E-state index in [0.717, 1.165) is 0 Å². The van der Waals surface area contributed by atoms with E-state index in [1.807, 2.05) is 0 Å². The van der Waals surface area contributed by atoms with Crippen molar-refractivity contribution in [2.24, 2.45) is 5.73 Å². The molecule has 7 nitrogen and oxygen atoms in total. The lowest BCUT2D eigenvalue weighted by Crippen LogP contribution is -2.21. The standard InChI is InChI=1S/C12H14N2O5S/c1-16-8-5-4-19-11(15)6(5)7(14-12(13)20)9(17-2)10(8)18-3/h4H2,1-3H3,(H3,13,14,20). The predicted octanol–water partition coefficient (Wildman–Crippen LogP) is 1.04. The molecular formula is C12H14N2O5S. The number of hydrogen-bond donors (Lipinski definition) is 2. The maximum Gasteiger partial charge on any atom is 0.341 e. The van der Waals surface area contributed by atoms with Crippen LogP contribution < -0.4 is 25.3 Å². The molecule has 1 aromatic rings. The average molecular weight is 298 g/mol. The summed E-state index contributed by atoms with van der Waals surface area (Å²) in [6.07, 6.45) is 0. The van der Waals surface area contributed by atoms with Crippen LogP contribution in [-0.2, 0) is 11.3 Å². The number of benzene rings is 1. The number of ether oxygens (including phenoxy) is 4. The van der Waals surface area contributed by atoms with Crippen LogP contribution >= 0.6 is 12.2 Å². The SMILES string of the molecule is COc1c2c(c(NC(N)=S)c(OC)c1OC)C(=O)OC2.